The molecule has 1 aliphatic rings. The van der Waals surface area contributed by atoms with Crippen molar-refractivity contribution in [2.45, 2.75) is 26.1 Å². The molecule has 0 saturated carbocycles. The van der Waals surface area contributed by atoms with Crippen LogP contribution in [-0.4, -0.2) is 47.0 Å². The Morgan fingerprint density at radius 1 is 1.14 bits per heavy atom. The number of furan rings is 1. The molecule has 1 N–H and O–H groups in total. The average Bonchev–Trinajstić information content (AvgIpc) is 3.39. The van der Waals surface area contributed by atoms with E-state index in [-0.39, 0.29) is 29.7 Å². The SMILES string of the molecule is CC1CN(C(=O)c2ccccc2NC(=O)c2csc(-c3ccco3)n2)CC(C)O1. The third kappa shape index (κ3) is 4.23. The van der Waals surface area contributed by atoms with Crippen molar-refractivity contribution in [1.82, 2.24) is 9.88 Å². The van der Waals surface area contributed by atoms with E-state index in [0.29, 0.717) is 35.1 Å². The van der Waals surface area contributed by atoms with E-state index >= 15 is 0 Å². The zero-order valence-electron chi connectivity index (χ0n) is 16.1. The van der Waals surface area contributed by atoms with Crippen molar-refractivity contribution < 1.29 is 18.7 Å². The fourth-order valence-electron chi connectivity index (χ4n) is 3.37. The van der Waals surface area contributed by atoms with Gasteiger partial charge in [-0.2, -0.15) is 0 Å². The summed E-state index contributed by atoms with van der Waals surface area (Å²) in [6.07, 6.45) is 1.50. The van der Waals surface area contributed by atoms with Gasteiger partial charge >= 0.3 is 0 Å². The fraction of sp³-hybridized carbons (Fsp3) is 0.286. The molecule has 2 aromatic heterocycles. The minimum atomic E-state index is -0.372. The number of thiazole rings is 1. The van der Waals surface area contributed by atoms with Crippen LogP contribution in [0.15, 0.2) is 52.5 Å². The minimum Gasteiger partial charge on any atom is -0.462 e. The first-order valence-corrected chi connectivity index (χ1v) is 10.2. The number of benzene rings is 1. The van der Waals surface area contributed by atoms with Gasteiger partial charge in [0.25, 0.3) is 11.8 Å². The highest BCUT2D eigenvalue weighted by atomic mass is 32.1. The summed E-state index contributed by atoms with van der Waals surface area (Å²) in [6, 6.07) is 10.6. The minimum absolute atomic E-state index is 0.0283. The van der Waals surface area contributed by atoms with Crippen molar-refractivity contribution in [3.63, 3.8) is 0 Å². The maximum atomic E-state index is 13.1. The molecule has 3 aromatic rings. The maximum absolute atomic E-state index is 13.1. The van der Waals surface area contributed by atoms with E-state index in [9.17, 15) is 9.59 Å². The standard InChI is InChI=1S/C21H21N3O4S/c1-13-10-24(11-14(2)28-13)21(26)15-6-3-4-7-16(15)22-19(25)17-12-29-20(23-17)18-8-5-9-27-18/h3-9,12-14H,10-11H2,1-2H3,(H,22,25). The summed E-state index contributed by atoms with van der Waals surface area (Å²) in [7, 11) is 0. The van der Waals surface area contributed by atoms with Gasteiger partial charge in [0, 0.05) is 18.5 Å². The monoisotopic (exact) mass is 411 g/mol. The van der Waals surface area contributed by atoms with E-state index in [1.165, 1.54) is 11.3 Å². The molecule has 1 aliphatic heterocycles. The zero-order valence-corrected chi connectivity index (χ0v) is 16.9. The van der Waals surface area contributed by atoms with Gasteiger partial charge in [-0.15, -0.1) is 11.3 Å². The van der Waals surface area contributed by atoms with Crippen molar-refractivity contribution in [2.75, 3.05) is 18.4 Å². The topological polar surface area (TPSA) is 84.7 Å². The summed E-state index contributed by atoms with van der Waals surface area (Å²) in [4.78, 5) is 31.9. The molecular formula is C21H21N3O4S. The fourth-order valence-corrected chi connectivity index (χ4v) is 4.14. The van der Waals surface area contributed by atoms with E-state index in [0.717, 1.165) is 0 Å². The molecule has 8 heteroatoms. The Morgan fingerprint density at radius 3 is 2.62 bits per heavy atom. The summed E-state index contributed by atoms with van der Waals surface area (Å²) in [5, 5.41) is 5.12. The Bertz CT molecular complexity index is 1000. The Hall–Kier alpha value is -2.97. The van der Waals surface area contributed by atoms with Gasteiger partial charge in [0.05, 0.1) is 29.7 Å². The number of hydrogen-bond acceptors (Lipinski definition) is 6. The molecule has 2 unspecified atom stereocenters. The van der Waals surface area contributed by atoms with Crippen LogP contribution in [0.1, 0.15) is 34.7 Å². The number of carbonyl (C=O) groups is 2. The van der Waals surface area contributed by atoms with Crippen LogP contribution < -0.4 is 5.32 Å². The van der Waals surface area contributed by atoms with E-state index < -0.39 is 0 Å². The molecule has 2 amide bonds. The molecule has 1 saturated heterocycles. The lowest BCUT2D eigenvalue weighted by Crippen LogP contribution is -2.48. The molecule has 29 heavy (non-hydrogen) atoms. The van der Waals surface area contributed by atoms with E-state index in [1.54, 1.807) is 52.9 Å². The summed E-state index contributed by atoms with van der Waals surface area (Å²) < 4.78 is 11.0. The van der Waals surface area contributed by atoms with Gasteiger partial charge < -0.3 is 19.4 Å². The average molecular weight is 411 g/mol. The second-order valence-corrected chi connectivity index (χ2v) is 7.84. The van der Waals surface area contributed by atoms with Crippen LogP contribution in [0.5, 0.6) is 0 Å². The summed E-state index contributed by atoms with van der Waals surface area (Å²) in [5.74, 6) is 0.112. The number of morpholine rings is 1. The summed E-state index contributed by atoms with van der Waals surface area (Å²) in [6.45, 7) is 4.93. The predicted molar refractivity (Wildman–Crippen MR) is 110 cm³/mol. The molecule has 0 bridgehead atoms. The molecule has 7 nitrogen and oxygen atoms in total. The number of carbonyl (C=O) groups excluding carboxylic acids is 2. The molecule has 0 spiro atoms. The number of amides is 2. The lowest BCUT2D eigenvalue weighted by Gasteiger charge is -2.35. The highest BCUT2D eigenvalue weighted by Crippen LogP contribution is 2.25. The van der Waals surface area contributed by atoms with Crippen LogP contribution in [0.25, 0.3) is 10.8 Å². The molecule has 150 valence electrons. The van der Waals surface area contributed by atoms with Crippen LogP contribution in [0.4, 0.5) is 5.69 Å². The zero-order chi connectivity index (χ0) is 20.4. The van der Waals surface area contributed by atoms with Gasteiger partial charge in [-0.05, 0) is 38.1 Å². The molecule has 0 aliphatic carbocycles. The van der Waals surface area contributed by atoms with Gasteiger partial charge in [0.2, 0.25) is 0 Å². The Kier molecular flexibility index (Phi) is 5.46. The number of para-hydroxylation sites is 1. The number of hydrogen-bond donors (Lipinski definition) is 1. The van der Waals surface area contributed by atoms with Gasteiger partial charge in [-0.1, -0.05) is 12.1 Å². The van der Waals surface area contributed by atoms with Crippen LogP contribution in [0.2, 0.25) is 0 Å². The van der Waals surface area contributed by atoms with Crippen molar-refractivity contribution in [3.05, 3.63) is 59.3 Å². The van der Waals surface area contributed by atoms with Crippen molar-refractivity contribution >= 4 is 28.8 Å². The number of ether oxygens (including phenoxy) is 1. The number of aromatic nitrogens is 1. The van der Waals surface area contributed by atoms with Crippen molar-refractivity contribution in [3.8, 4) is 10.8 Å². The Morgan fingerprint density at radius 2 is 1.90 bits per heavy atom. The van der Waals surface area contributed by atoms with Crippen LogP contribution >= 0.6 is 11.3 Å². The number of rotatable bonds is 4. The molecular weight excluding hydrogens is 390 g/mol. The van der Waals surface area contributed by atoms with E-state index in [4.69, 9.17) is 9.15 Å². The number of anilines is 1. The van der Waals surface area contributed by atoms with E-state index in [2.05, 4.69) is 10.3 Å². The Balaban J connectivity index is 1.52. The second kappa shape index (κ2) is 8.18. The lowest BCUT2D eigenvalue weighted by molar-refractivity contribution is -0.0585. The third-order valence-electron chi connectivity index (χ3n) is 4.58. The van der Waals surface area contributed by atoms with Crippen molar-refractivity contribution in [1.29, 1.82) is 0 Å². The van der Waals surface area contributed by atoms with Crippen LogP contribution in [0.3, 0.4) is 0 Å². The van der Waals surface area contributed by atoms with Crippen LogP contribution in [0, 0.1) is 0 Å². The molecule has 4 rings (SSSR count). The van der Waals surface area contributed by atoms with Gasteiger partial charge in [0.1, 0.15) is 5.69 Å². The van der Waals surface area contributed by atoms with E-state index in [1.807, 2.05) is 13.8 Å². The Labute approximate surface area is 172 Å². The molecule has 1 aromatic carbocycles. The van der Waals surface area contributed by atoms with Gasteiger partial charge in [-0.3, -0.25) is 9.59 Å². The first-order chi connectivity index (χ1) is 14.0. The maximum Gasteiger partial charge on any atom is 0.275 e. The largest absolute Gasteiger partial charge is 0.462 e. The highest BCUT2D eigenvalue weighted by Gasteiger charge is 2.28. The highest BCUT2D eigenvalue weighted by molar-refractivity contribution is 7.13. The quantitative estimate of drug-likeness (QED) is 0.704. The normalized spacial score (nSPS) is 19.2. The molecule has 0 radical (unpaired) electrons. The predicted octanol–water partition coefficient (Wildman–Crippen LogP) is 3.90. The lowest BCUT2D eigenvalue weighted by atomic mass is 10.1. The summed E-state index contributed by atoms with van der Waals surface area (Å²) >= 11 is 1.33. The second-order valence-electron chi connectivity index (χ2n) is 6.98. The smallest absolute Gasteiger partial charge is 0.275 e. The van der Waals surface area contributed by atoms with Gasteiger partial charge in [0.15, 0.2) is 10.8 Å². The van der Waals surface area contributed by atoms with Gasteiger partial charge in [-0.25, -0.2) is 4.98 Å². The molecule has 1 fully saturated rings. The summed E-state index contributed by atoms with van der Waals surface area (Å²) in [5.41, 5.74) is 1.18. The van der Waals surface area contributed by atoms with Crippen LogP contribution in [-0.2, 0) is 4.74 Å². The first kappa shape index (κ1) is 19.4. The third-order valence-corrected chi connectivity index (χ3v) is 5.44. The molecule has 3 heterocycles. The first-order valence-electron chi connectivity index (χ1n) is 9.36. The number of nitrogens with zero attached hydrogens (tertiary/aromatic N) is 2. The number of nitrogens with one attached hydrogen (secondary N) is 1. The van der Waals surface area contributed by atoms with Crippen molar-refractivity contribution in [2.24, 2.45) is 0 Å². The molecule has 2 atom stereocenters.